The number of anilines is 1. The van der Waals surface area contributed by atoms with Gasteiger partial charge in [0, 0.05) is 30.6 Å². The number of furan rings is 1. The fraction of sp³-hybridized carbons (Fsp3) is 0.238. The fourth-order valence-corrected chi connectivity index (χ4v) is 3.57. The van der Waals surface area contributed by atoms with Gasteiger partial charge in [-0.05, 0) is 36.2 Å². The van der Waals surface area contributed by atoms with Gasteiger partial charge in [-0.15, -0.1) is 0 Å². The number of carbonyl (C=O) groups excluding carboxylic acids is 1. The maximum Gasteiger partial charge on any atom is 0.275 e. The summed E-state index contributed by atoms with van der Waals surface area (Å²) in [5.41, 5.74) is 3.37. The number of nitrogens with one attached hydrogen (secondary N) is 1. The SMILES string of the molecule is CCc1cccc(N2CC(c3noc(-c4cc(-c5ccco5)n[nH]4)n3)CC2=O)c1. The minimum absolute atomic E-state index is 0.0660. The molecule has 1 aromatic carbocycles. The number of amides is 1. The molecule has 1 aliphatic rings. The molecule has 1 unspecified atom stereocenters. The standard InChI is InChI=1S/C21H19N5O3/c1-2-13-5-3-6-15(9-13)26-12-14(10-19(26)27)20-22-21(29-25-20)17-11-16(23-24-17)18-7-4-8-28-18/h3-9,11,14H,2,10,12H2,1H3,(H,23,24). The van der Waals surface area contributed by atoms with Crippen LogP contribution >= 0.6 is 0 Å². The lowest BCUT2D eigenvalue weighted by atomic mass is 10.1. The maximum absolute atomic E-state index is 12.6. The molecule has 4 aromatic rings. The summed E-state index contributed by atoms with van der Waals surface area (Å²) in [6.45, 7) is 2.63. The molecule has 8 nitrogen and oxygen atoms in total. The second-order valence-corrected chi connectivity index (χ2v) is 7.03. The monoisotopic (exact) mass is 389 g/mol. The van der Waals surface area contributed by atoms with Crippen molar-refractivity contribution in [3.05, 3.63) is 60.1 Å². The molecule has 3 aromatic heterocycles. The van der Waals surface area contributed by atoms with Crippen molar-refractivity contribution in [3.63, 3.8) is 0 Å². The largest absolute Gasteiger partial charge is 0.463 e. The number of aryl methyl sites for hydroxylation is 1. The summed E-state index contributed by atoms with van der Waals surface area (Å²) in [4.78, 5) is 18.9. The van der Waals surface area contributed by atoms with E-state index >= 15 is 0 Å². The molecule has 0 bridgehead atoms. The molecule has 1 amide bonds. The van der Waals surface area contributed by atoms with Gasteiger partial charge >= 0.3 is 0 Å². The first-order chi connectivity index (χ1) is 14.2. The Balaban J connectivity index is 1.35. The lowest BCUT2D eigenvalue weighted by molar-refractivity contribution is -0.117. The van der Waals surface area contributed by atoms with Crippen LogP contribution in [-0.2, 0) is 11.2 Å². The van der Waals surface area contributed by atoms with Gasteiger partial charge in [-0.2, -0.15) is 10.1 Å². The Morgan fingerprint density at radius 2 is 2.17 bits per heavy atom. The van der Waals surface area contributed by atoms with Crippen molar-refractivity contribution < 1.29 is 13.7 Å². The number of rotatable bonds is 5. The van der Waals surface area contributed by atoms with Gasteiger partial charge in [0.15, 0.2) is 11.6 Å². The summed E-state index contributed by atoms with van der Waals surface area (Å²) < 4.78 is 10.8. The van der Waals surface area contributed by atoms with Gasteiger partial charge in [0.25, 0.3) is 5.89 Å². The third-order valence-electron chi connectivity index (χ3n) is 5.14. The molecular weight excluding hydrogens is 370 g/mol. The average molecular weight is 389 g/mol. The first-order valence-electron chi connectivity index (χ1n) is 9.54. The van der Waals surface area contributed by atoms with Gasteiger partial charge in [-0.3, -0.25) is 9.89 Å². The van der Waals surface area contributed by atoms with Crippen molar-refractivity contribution in [2.45, 2.75) is 25.7 Å². The summed E-state index contributed by atoms with van der Waals surface area (Å²) in [5, 5.41) is 11.2. The molecular formula is C21H19N5O3. The Morgan fingerprint density at radius 3 is 3.00 bits per heavy atom. The minimum Gasteiger partial charge on any atom is -0.463 e. The molecule has 0 radical (unpaired) electrons. The number of aromatic amines is 1. The van der Waals surface area contributed by atoms with Crippen LogP contribution in [0.3, 0.4) is 0 Å². The zero-order chi connectivity index (χ0) is 19.8. The predicted octanol–water partition coefficient (Wildman–Crippen LogP) is 3.80. The highest BCUT2D eigenvalue weighted by atomic mass is 16.5. The van der Waals surface area contributed by atoms with E-state index in [1.165, 1.54) is 5.56 Å². The Morgan fingerprint density at radius 1 is 1.24 bits per heavy atom. The van der Waals surface area contributed by atoms with Crippen molar-refractivity contribution in [1.29, 1.82) is 0 Å². The van der Waals surface area contributed by atoms with E-state index < -0.39 is 0 Å². The van der Waals surface area contributed by atoms with E-state index in [-0.39, 0.29) is 11.8 Å². The smallest absolute Gasteiger partial charge is 0.275 e. The zero-order valence-electron chi connectivity index (χ0n) is 15.8. The molecule has 4 heterocycles. The van der Waals surface area contributed by atoms with E-state index in [1.807, 2.05) is 18.2 Å². The summed E-state index contributed by atoms with van der Waals surface area (Å²) in [6.07, 6.45) is 2.88. The third kappa shape index (κ3) is 3.22. The van der Waals surface area contributed by atoms with E-state index in [4.69, 9.17) is 8.94 Å². The molecule has 5 rings (SSSR count). The van der Waals surface area contributed by atoms with Gasteiger partial charge in [0.1, 0.15) is 11.4 Å². The van der Waals surface area contributed by atoms with E-state index in [1.54, 1.807) is 23.3 Å². The zero-order valence-corrected chi connectivity index (χ0v) is 15.8. The quantitative estimate of drug-likeness (QED) is 0.557. The van der Waals surface area contributed by atoms with Crippen LogP contribution in [0.1, 0.15) is 30.7 Å². The van der Waals surface area contributed by atoms with Crippen molar-refractivity contribution >= 4 is 11.6 Å². The first-order valence-corrected chi connectivity index (χ1v) is 9.54. The van der Waals surface area contributed by atoms with Crippen molar-refractivity contribution in [3.8, 4) is 23.0 Å². The third-order valence-corrected chi connectivity index (χ3v) is 5.14. The van der Waals surface area contributed by atoms with Crippen LogP contribution in [0.4, 0.5) is 5.69 Å². The number of nitrogens with zero attached hydrogens (tertiary/aromatic N) is 4. The molecule has 8 heteroatoms. The van der Waals surface area contributed by atoms with Gasteiger partial charge in [0.2, 0.25) is 5.91 Å². The van der Waals surface area contributed by atoms with Gasteiger partial charge < -0.3 is 13.8 Å². The van der Waals surface area contributed by atoms with E-state index in [9.17, 15) is 4.79 Å². The van der Waals surface area contributed by atoms with Gasteiger partial charge in [0.05, 0.1) is 6.26 Å². The number of hydrogen-bond acceptors (Lipinski definition) is 6. The van der Waals surface area contributed by atoms with Crippen LogP contribution in [0.25, 0.3) is 23.0 Å². The predicted molar refractivity (Wildman–Crippen MR) is 105 cm³/mol. The van der Waals surface area contributed by atoms with Crippen LogP contribution in [0.5, 0.6) is 0 Å². The van der Waals surface area contributed by atoms with Crippen LogP contribution in [0.2, 0.25) is 0 Å². The van der Waals surface area contributed by atoms with Crippen molar-refractivity contribution in [2.24, 2.45) is 0 Å². The molecule has 1 saturated heterocycles. The molecule has 146 valence electrons. The second-order valence-electron chi connectivity index (χ2n) is 7.03. The minimum atomic E-state index is -0.113. The van der Waals surface area contributed by atoms with Crippen molar-refractivity contribution in [2.75, 3.05) is 11.4 Å². The molecule has 0 aliphatic carbocycles. The number of carbonyl (C=O) groups is 1. The molecule has 1 atom stereocenters. The molecule has 1 aliphatic heterocycles. The Labute approximate surface area is 166 Å². The molecule has 1 N–H and O–H groups in total. The van der Waals surface area contributed by atoms with E-state index in [0.29, 0.717) is 41.8 Å². The summed E-state index contributed by atoms with van der Waals surface area (Å²) in [7, 11) is 0. The lowest BCUT2D eigenvalue weighted by Gasteiger charge is -2.17. The molecule has 29 heavy (non-hydrogen) atoms. The summed E-state index contributed by atoms with van der Waals surface area (Å²) in [5.74, 6) is 1.47. The Bertz CT molecular complexity index is 1140. The summed E-state index contributed by atoms with van der Waals surface area (Å²) >= 11 is 0. The normalized spacial score (nSPS) is 16.7. The topological polar surface area (TPSA) is 101 Å². The lowest BCUT2D eigenvalue weighted by Crippen LogP contribution is -2.24. The average Bonchev–Trinajstić information content (AvgIpc) is 3.53. The Hall–Kier alpha value is -3.68. The number of H-pyrrole nitrogens is 1. The van der Waals surface area contributed by atoms with E-state index in [0.717, 1.165) is 12.1 Å². The molecule has 0 saturated carbocycles. The van der Waals surface area contributed by atoms with Crippen LogP contribution in [0, 0.1) is 0 Å². The highest BCUT2D eigenvalue weighted by Gasteiger charge is 2.34. The van der Waals surface area contributed by atoms with Crippen LogP contribution in [0.15, 0.2) is 57.7 Å². The number of aromatic nitrogens is 4. The molecule has 0 spiro atoms. The second kappa shape index (κ2) is 7.05. The van der Waals surface area contributed by atoms with Crippen LogP contribution < -0.4 is 4.90 Å². The Kier molecular flexibility index (Phi) is 4.23. The fourth-order valence-electron chi connectivity index (χ4n) is 3.57. The highest BCUT2D eigenvalue weighted by molar-refractivity contribution is 5.96. The van der Waals surface area contributed by atoms with Crippen molar-refractivity contribution in [1.82, 2.24) is 20.3 Å². The van der Waals surface area contributed by atoms with Gasteiger partial charge in [-0.1, -0.05) is 24.2 Å². The highest BCUT2D eigenvalue weighted by Crippen LogP contribution is 2.32. The van der Waals surface area contributed by atoms with E-state index in [2.05, 4.69) is 39.4 Å². The number of benzene rings is 1. The first kappa shape index (κ1) is 17.4. The number of hydrogen-bond donors (Lipinski definition) is 1. The van der Waals surface area contributed by atoms with Gasteiger partial charge in [-0.25, -0.2) is 0 Å². The molecule has 1 fully saturated rings. The maximum atomic E-state index is 12.6. The summed E-state index contributed by atoms with van der Waals surface area (Å²) in [6, 6.07) is 13.5. The van der Waals surface area contributed by atoms with Crippen LogP contribution in [-0.4, -0.2) is 32.8 Å².